The zero-order valence-electron chi connectivity index (χ0n) is 7.78. The maximum Gasteiger partial charge on any atom is 0.440 e. The second-order valence-electron chi connectivity index (χ2n) is 2.78. The summed E-state index contributed by atoms with van der Waals surface area (Å²) in [6, 6.07) is 0. The fraction of sp³-hybridized carbons (Fsp3) is 0.500. The van der Waals surface area contributed by atoms with Gasteiger partial charge >= 0.3 is 12.4 Å². The topological polar surface area (TPSA) is 65.8 Å². The van der Waals surface area contributed by atoms with Gasteiger partial charge in [0.05, 0.1) is 0 Å². The van der Waals surface area contributed by atoms with Gasteiger partial charge in [-0.15, -0.1) is 0 Å². The van der Waals surface area contributed by atoms with E-state index >= 15 is 0 Å². The molecule has 0 radical (unpaired) electrons. The third kappa shape index (κ3) is 3.60. The van der Waals surface area contributed by atoms with E-state index in [0.29, 0.717) is 0 Å². The van der Waals surface area contributed by atoms with Crippen molar-refractivity contribution in [1.82, 2.24) is 10.7 Å². The molecule has 0 aromatic carbocycles. The zero-order valence-corrected chi connectivity index (χ0v) is 7.78. The Kier molecular flexibility index (Phi) is 3.29. The number of rotatable bonds is 1. The molecule has 0 spiro atoms. The summed E-state index contributed by atoms with van der Waals surface area (Å²) in [4.78, 5) is 13.8. The third-order valence-electron chi connectivity index (χ3n) is 1.45. The van der Waals surface area contributed by atoms with E-state index in [1.807, 2.05) is 5.32 Å². The number of hydrogen-bond acceptors (Lipinski definition) is 4. The molecule has 0 fully saturated rings. The first kappa shape index (κ1) is 13.3. The minimum Gasteiger partial charge on any atom is -0.294 e. The summed E-state index contributed by atoms with van der Waals surface area (Å²) in [5.41, 5.74) is -1.57. The summed E-state index contributed by atoms with van der Waals surface area (Å²) in [5, 5.41) is 4.02. The predicted octanol–water partition coefficient (Wildman–Crippen LogP) is 0.542. The van der Waals surface area contributed by atoms with E-state index < -0.39 is 29.9 Å². The van der Waals surface area contributed by atoms with Gasteiger partial charge in [0.25, 0.3) is 0 Å². The molecule has 0 saturated carbocycles. The molecule has 5 nitrogen and oxygen atoms in total. The van der Waals surface area contributed by atoms with Crippen LogP contribution < -0.4 is 10.7 Å². The number of alkyl halides is 6. The maximum absolute atomic E-state index is 11.9. The lowest BCUT2D eigenvalue weighted by Crippen LogP contribution is -2.41. The van der Waals surface area contributed by atoms with Crippen LogP contribution in [0.1, 0.15) is 0 Å². The number of hydrazone groups is 1. The van der Waals surface area contributed by atoms with Gasteiger partial charge in [-0.2, -0.15) is 31.4 Å². The highest BCUT2D eigenvalue weighted by Gasteiger charge is 2.53. The normalized spacial score (nSPS) is 16.4. The van der Waals surface area contributed by atoms with Crippen molar-refractivity contribution < 1.29 is 31.1 Å². The fourth-order valence-corrected chi connectivity index (χ4v) is 0.822. The van der Waals surface area contributed by atoms with Gasteiger partial charge in [0.1, 0.15) is 6.54 Å². The van der Waals surface area contributed by atoms with Gasteiger partial charge in [0, 0.05) is 0 Å². The van der Waals surface area contributed by atoms with Crippen molar-refractivity contribution >= 4 is 17.6 Å². The molecule has 1 rings (SSSR count). The summed E-state index contributed by atoms with van der Waals surface area (Å²) in [6.45, 7) is -0.384. The highest BCUT2D eigenvalue weighted by atomic mass is 19.4. The van der Waals surface area contributed by atoms with Crippen molar-refractivity contribution in [3.8, 4) is 0 Å². The van der Waals surface area contributed by atoms with Crippen LogP contribution in [0.5, 0.6) is 0 Å². The fourth-order valence-electron chi connectivity index (χ4n) is 0.822. The number of amides is 1. The molecule has 11 heteroatoms. The molecule has 1 heterocycles. The molecule has 1 aliphatic heterocycles. The summed E-state index contributed by atoms with van der Waals surface area (Å²) in [7, 11) is 0. The Morgan fingerprint density at radius 1 is 1.24 bits per heavy atom. The predicted molar refractivity (Wildman–Crippen MR) is 43.1 cm³/mol. The molecule has 0 aromatic rings. The van der Waals surface area contributed by atoms with E-state index in [1.165, 1.54) is 5.43 Å². The average Bonchev–Trinajstić information content (AvgIpc) is 2.46. The Bertz CT molecular complexity index is 365. The van der Waals surface area contributed by atoms with E-state index in [1.54, 1.807) is 0 Å². The van der Waals surface area contributed by atoms with Gasteiger partial charge in [-0.3, -0.25) is 10.1 Å². The SMILES string of the molecule is O=C1CN=C(NN=C(C(F)(F)F)C(F)(F)F)N1. The van der Waals surface area contributed by atoms with Crippen molar-refractivity contribution in [3.05, 3.63) is 0 Å². The third-order valence-corrected chi connectivity index (χ3v) is 1.45. The minimum atomic E-state index is -5.66. The van der Waals surface area contributed by atoms with Crippen molar-refractivity contribution in [3.63, 3.8) is 0 Å². The lowest BCUT2D eigenvalue weighted by Gasteiger charge is -2.13. The minimum absolute atomic E-state index is 0.384. The zero-order chi connectivity index (χ0) is 13.3. The van der Waals surface area contributed by atoms with Gasteiger partial charge < -0.3 is 0 Å². The first-order valence-electron chi connectivity index (χ1n) is 3.93. The Morgan fingerprint density at radius 3 is 2.12 bits per heavy atom. The molecule has 0 bridgehead atoms. The smallest absolute Gasteiger partial charge is 0.294 e. The Labute approximate surface area is 89.6 Å². The van der Waals surface area contributed by atoms with Gasteiger partial charge in [-0.25, -0.2) is 10.4 Å². The van der Waals surface area contributed by atoms with Crippen molar-refractivity contribution in [2.75, 3.05) is 6.54 Å². The van der Waals surface area contributed by atoms with Gasteiger partial charge in [0.2, 0.25) is 17.6 Å². The second kappa shape index (κ2) is 4.22. The summed E-state index contributed by atoms with van der Waals surface area (Å²) >= 11 is 0. The molecule has 0 aliphatic carbocycles. The molecule has 0 saturated heterocycles. The van der Waals surface area contributed by atoms with Crippen LogP contribution in [-0.4, -0.2) is 36.5 Å². The number of carbonyl (C=O) groups is 1. The number of guanidine groups is 1. The monoisotopic (exact) mass is 262 g/mol. The Morgan fingerprint density at radius 2 is 1.76 bits per heavy atom. The molecular weight excluding hydrogens is 258 g/mol. The highest BCUT2D eigenvalue weighted by molar-refractivity contribution is 6.03. The Hall–Kier alpha value is -1.81. The van der Waals surface area contributed by atoms with Gasteiger partial charge in [0.15, 0.2) is 0 Å². The summed E-state index contributed by atoms with van der Waals surface area (Å²) in [5.74, 6) is -1.23. The first-order chi connectivity index (χ1) is 7.60. The highest BCUT2D eigenvalue weighted by Crippen LogP contribution is 2.29. The molecule has 0 atom stereocenters. The molecule has 2 N–H and O–H groups in total. The quantitative estimate of drug-likeness (QED) is 0.411. The van der Waals surface area contributed by atoms with Crippen LogP contribution in [0.25, 0.3) is 0 Å². The molecule has 0 aromatic heterocycles. The maximum atomic E-state index is 11.9. The van der Waals surface area contributed by atoms with Crippen LogP contribution in [0.2, 0.25) is 0 Å². The van der Waals surface area contributed by atoms with Crippen LogP contribution in [0.3, 0.4) is 0 Å². The molecule has 1 amide bonds. The van der Waals surface area contributed by atoms with Gasteiger partial charge in [-0.1, -0.05) is 0 Å². The van der Waals surface area contributed by atoms with Crippen molar-refractivity contribution in [2.24, 2.45) is 10.1 Å². The van der Waals surface area contributed by atoms with E-state index in [9.17, 15) is 31.1 Å². The molecule has 0 unspecified atom stereocenters. The van der Waals surface area contributed by atoms with E-state index in [-0.39, 0.29) is 6.54 Å². The molecule has 96 valence electrons. The number of aliphatic imine (C=N–C) groups is 1. The number of nitrogens with zero attached hydrogens (tertiary/aromatic N) is 2. The van der Waals surface area contributed by atoms with Crippen LogP contribution in [0, 0.1) is 0 Å². The number of halogens is 6. The van der Waals surface area contributed by atoms with Crippen LogP contribution in [0.15, 0.2) is 10.1 Å². The second-order valence-corrected chi connectivity index (χ2v) is 2.78. The van der Waals surface area contributed by atoms with Crippen molar-refractivity contribution in [1.29, 1.82) is 0 Å². The standard InChI is InChI=1S/C6H4F6N4O/c7-5(8,9)3(6(10,11)12)15-16-4-13-1-2(17)14-4/h1H2,(H2,13,14,16,17). The lowest BCUT2D eigenvalue weighted by molar-refractivity contribution is -0.119. The molecule has 17 heavy (non-hydrogen) atoms. The number of hydrogen-bond donors (Lipinski definition) is 2. The van der Waals surface area contributed by atoms with Crippen LogP contribution in [0.4, 0.5) is 26.3 Å². The largest absolute Gasteiger partial charge is 0.440 e. The molecule has 1 aliphatic rings. The van der Waals surface area contributed by atoms with E-state index in [0.717, 1.165) is 0 Å². The number of nitrogens with one attached hydrogen (secondary N) is 2. The Balaban J connectivity index is 2.82. The summed E-state index contributed by atoms with van der Waals surface area (Å²) < 4.78 is 71.7. The number of carbonyl (C=O) groups excluding carboxylic acids is 1. The first-order valence-corrected chi connectivity index (χ1v) is 3.93. The van der Waals surface area contributed by atoms with E-state index in [4.69, 9.17) is 0 Å². The van der Waals surface area contributed by atoms with E-state index in [2.05, 4.69) is 10.1 Å². The molecular formula is C6H4F6N4O. The van der Waals surface area contributed by atoms with Crippen LogP contribution in [-0.2, 0) is 4.79 Å². The lowest BCUT2D eigenvalue weighted by atomic mass is 10.3. The average molecular weight is 262 g/mol. The van der Waals surface area contributed by atoms with Crippen molar-refractivity contribution in [2.45, 2.75) is 12.4 Å². The summed E-state index contributed by atoms with van der Waals surface area (Å²) in [6.07, 6.45) is -11.3. The van der Waals surface area contributed by atoms with Crippen LogP contribution >= 0.6 is 0 Å². The van der Waals surface area contributed by atoms with Gasteiger partial charge in [-0.05, 0) is 0 Å².